The lowest BCUT2D eigenvalue weighted by atomic mass is 10.0. The van der Waals surface area contributed by atoms with Gasteiger partial charge in [0.1, 0.15) is 5.60 Å². The molecule has 0 radical (unpaired) electrons. The molecule has 0 aromatic heterocycles. The van der Waals surface area contributed by atoms with E-state index < -0.39 is 0 Å². The van der Waals surface area contributed by atoms with Crippen LogP contribution in [0.25, 0.3) is 0 Å². The average molecular weight is 273 g/mol. The fraction of sp³-hybridized carbons (Fsp3) is 0.455. The van der Waals surface area contributed by atoms with Crippen molar-refractivity contribution in [2.75, 3.05) is 20.8 Å². The maximum absolute atomic E-state index is 5.41. The molecule has 0 spiro atoms. The molecular formula is C11H13BrO3. The van der Waals surface area contributed by atoms with Crippen LogP contribution in [0.2, 0.25) is 0 Å². The lowest BCUT2D eigenvalue weighted by Gasteiger charge is -2.13. The number of halogens is 1. The highest BCUT2D eigenvalue weighted by atomic mass is 79.9. The predicted octanol–water partition coefficient (Wildman–Crippen LogP) is 2.71. The molecule has 82 valence electrons. The summed E-state index contributed by atoms with van der Waals surface area (Å²) in [6.45, 7) is 2.81. The smallest absolute Gasteiger partial charge is 0.161 e. The van der Waals surface area contributed by atoms with Crippen LogP contribution in [-0.4, -0.2) is 20.8 Å². The number of hydrogen-bond acceptors (Lipinski definition) is 3. The van der Waals surface area contributed by atoms with E-state index in [4.69, 9.17) is 14.2 Å². The second-order valence-corrected chi connectivity index (χ2v) is 4.56. The number of methoxy groups -OCH3 is 2. The molecule has 3 nitrogen and oxygen atoms in total. The van der Waals surface area contributed by atoms with Crippen molar-refractivity contribution in [3.63, 3.8) is 0 Å². The molecule has 1 aromatic carbocycles. The van der Waals surface area contributed by atoms with E-state index in [9.17, 15) is 0 Å². The van der Waals surface area contributed by atoms with Crippen molar-refractivity contribution in [2.45, 2.75) is 12.5 Å². The Hall–Kier alpha value is -0.740. The monoisotopic (exact) mass is 272 g/mol. The lowest BCUT2D eigenvalue weighted by molar-refractivity contribution is 0.323. The fourth-order valence-corrected chi connectivity index (χ4v) is 2.26. The van der Waals surface area contributed by atoms with Gasteiger partial charge in [0.2, 0.25) is 0 Å². The summed E-state index contributed by atoms with van der Waals surface area (Å²) < 4.78 is 16.9. The van der Waals surface area contributed by atoms with Gasteiger partial charge in [0, 0.05) is 10.0 Å². The van der Waals surface area contributed by atoms with Crippen LogP contribution < -0.4 is 9.47 Å². The van der Waals surface area contributed by atoms with E-state index in [0.29, 0.717) is 0 Å². The quantitative estimate of drug-likeness (QED) is 0.793. The number of hydrogen-bond donors (Lipinski definition) is 0. The van der Waals surface area contributed by atoms with Crippen LogP contribution in [0.1, 0.15) is 12.5 Å². The van der Waals surface area contributed by atoms with Crippen molar-refractivity contribution in [1.29, 1.82) is 0 Å². The summed E-state index contributed by atoms with van der Waals surface area (Å²) in [7, 11) is 3.25. The number of ether oxygens (including phenoxy) is 3. The van der Waals surface area contributed by atoms with E-state index in [1.165, 1.54) is 0 Å². The molecule has 1 atom stereocenters. The average Bonchev–Trinajstić information content (AvgIpc) is 2.96. The zero-order chi connectivity index (χ0) is 11.1. The molecule has 0 aliphatic carbocycles. The van der Waals surface area contributed by atoms with Gasteiger partial charge in [-0.15, -0.1) is 0 Å². The Bertz CT molecular complexity index is 386. The summed E-state index contributed by atoms with van der Waals surface area (Å²) in [4.78, 5) is 0. The SMILES string of the molecule is COc1cc(Br)c(C2(C)CO2)cc1OC. The predicted molar refractivity (Wildman–Crippen MR) is 60.6 cm³/mol. The maximum Gasteiger partial charge on any atom is 0.161 e. The van der Waals surface area contributed by atoms with Gasteiger partial charge in [-0.25, -0.2) is 0 Å². The van der Waals surface area contributed by atoms with Crippen molar-refractivity contribution in [1.82, 2.24) is 0 Å². The second-order valence-electron chi connectivity index (χ2n) is 3.71. The van der Waals surface area contributed by atoms with Crippen molar-refractivity contribution in [2.24, 2.45) is 0 Å². The molecule has 1 aliphatic heterocycles. The van der Waals surface area contributed by atoms with Gasteiger partial charge < -0.3 is 14.2 Å². The Kier molecular flexibility index (Phi) is 2.64. The maximum atomic E-state index is 5.41. The number of epoxide rings is 1. The molecule has 2 rings (SSSR count). The molecule has 0 saturated carbocycles. The summed E-state index contributed by atoms with van der Waals surface area (Å²) in [5.74, 6) is 1.45. The summed E-state index contributed by atoms with van der Waals surface area (Å²) in [5, 5.41) is 0. The zero-order valence-electron chi connectivity index (χ0n) is 8.96. The van der Waals surface area contributed by atoms with Crippen LogP contribution in [0.3, 0.4) is 0 Å². The van der Waals surface area contributed by atoms with Gasteiger partial charge in [0.25, 0.3) is 0 Å². The highest BCUT2D eigenvalue weighted by Gasteiger charge is 2.43. The third-order valence-electron chi connectivity index (χ3n) is 2.62. The first-order chi connectivity index (χ1) is 7.10. The Morgan fingerprint density at radius 1 is 1.27 bits per heavy atom. The standard InChI is InChI=1S/C11H13BrO3/c1-11(6-15-11)7-4-9(13-2)10(14-3)5-8(7)12/h4-5H,6H2,1-3H3. The topological polar surface area (TPSA) is 31.0 Å². The van der Waals surface area contributed by atoms with Crippen LogP contribution in [0.15, 0.2) is 16.6 Å². The summed E-state index contributed by atoms with van der Waals surface area (Å²) in [6, 6.07) is 3.86. The highest BCUT2D eigenvalue weighted by Crippen LogP contribution is 2.45. The van der Waals surface area contributed by atoms with Crippen molar-refractivity contribution >= 4 is 15.9 Å². The van der Waals surface area contributed by atoms with Gasteiger partial charge in [0.15, 0.2) is 11.5 Å². The summed E-state index contributed by atoms with van der Waals surface area (Å²) in [5.41, 5.74) is 0.929. The minimum absolute atomic E-state index is 0.168. The molecule has 1 saturated heterocycles. The van der Waals surface area contributed by atoms with E-state index in [1.54, 1.807) is 14.2 Å². The van der Waals surface area contributed by atoms with E-state index in [1.807, 2.05) is 12.1 Å². The number of benzene rings is 1. The van der Waals surface area contributed by atoms with Crippen molar-refractivity contribution in [3.05, 3.63) is 22.2 Å². The Labute approximate surface area is 97.5 Å². The minimum atomic E-state index is -0.168. The van der Waals surface area contributed by atoms with Crippen LogP contribution in [0.5, 0.6) is 11.5 Å². The molecule has 0 N–H and O–H groups in total. The third-order valence-corrected chi connectivity index (χ3v) is 3.28. The van der Waals surface area contributed by atoms with Gasteiger partial charge in [0.05, 0.1) is 20.8 Å². The number of rotatable bonds is 3. The molecule has 4 heteroatoms. The first kappa shape index (κ1) is 10.8. The molecule has 1 aromatic rings. The third kappa shape index (κ3) is 1.84. The highest BCUT2D eigenvalue weighted by molar-refractivity contribution is 9.10. The molecular weight excluding hydrogens is 260 g/mol. The molecule has 15 heavy (non-hydrogen) atoms. The van der Waals surface area contributed by atoms with Gasteiger partial charge in [-0.1, -0.05) is 15.9 Å². The molecule has 1 fully saturated rings. The van der Waals surface area contributed by atoms with Crippen LogP contribution in [0.4, 0.5) is 0 Å². The van der Waals surface area contributed by atoms with Crippen molar-refractivity contribution < 1.29 is 14.2 Å². The molecule has 0 bridgehead atoms. The van der Waals surface area contributed by atoms with Gasteiger partial charge in [-0.2, -0.15) is 0 Å². The first-order valence-corrected chi connectivity index (χ1v) is 5.46. The van der Waals surface area contributed by atoms with Crippen LogP contribution in [-0.2, 0) is 10.3 Å². The molecule has 1 aliphatic rings. The van der Waals surface area contributed by atoms with Crippen LogP contribution >= 0.6 is 15.9 Å². The van der Waals surface area contributed by atoms with E-state index in [0.717, 1.165) is 28.1 Å². The largest absolute Gasteiger partial charge is 0.493 e. The fourth-order valence-electron chi connectivity index (χ4n) is 1.52. The van der Waals surface area contributed by atoms with Crippen LogP contribution in [0, 0.1) is 0 Å². The van der Waals surface area contributed by atoms with Crippen molar-refractivity contribution in [3.8, 4) is 11.5 Å². The second kappa shape index (κ2) is 3.68. The molecule has 0 amide bonds. The lowest BCUT2D eigenvalue weighted by Crippen LogP contribution is -2.04. The van der Waals surface area contributed by atoms with Gasteiger partial charge in [-0.3, -0.25) is 0 Å². The normalized spacial score (nSPS) is 23.7. The minimum Gasteiger partial charge on any atom is -0.493 e. The molecule has 1 heterocycles. The summed E-state index contributed by atoms with van der Waals surface area (Å²) >= 11 is 3.51. The van der Waals surface area contributed by atoms with E-state index in [2.05, 4.69) is 22.9 Å². The summed E-state index contributed by atoms with van der Waals surface area (Å²) in [6.07, 6.45) is 0. The Balaban J connectivity index is 2.48. The first-order valence-electron chi connectivity index (χ1n) is 4.66. The molecule has 1 unspecified atom stereocenters. The Morgan fingerprint density at radius 3 is 2.27 bits per heavy atom. The van der Waals surface area contributed by atoms with E-state index >= 15 is 0 Å². The van der Waals surface area contributed by atoms with Gasteiger partial charge in [-0.05, 0) is 19.1 Å². The van der Waals surface area contributed by atoms with Gasteiger partial charge >= 0.3 is 0 Å². The Morgan fingerprint density at radius 2 is 1.80 bits per heavy atom. The zero-order valence-corrected chi connectivity index (χ0v) is 10.6. The van der Waals surface area contributed by atoms with E-state index in [-0.39, 0.29) is 5.60 Å².